The third kappa shape index (κ3) is 5.45. The van der Waals surface area contributed by atoms with Crippen molar-refractivity contribution in [2.75, 3.05) is 0 Å². The Bertz CT molecular complexity index is 1010. The summed E-state index contributed by atoms with van der Waals surface area (Å²) >= 11 is 0. The molecule has 0 saturated heterocycles. The van der Waals surface area contributed by atoms with Crippen LogP contribution in [-0.2, 0) is 0 Å². The number of hydrogen-bond donors (Lipinski definition) is 2. The highest BCUT2D eigenvalue weighted by atomic mass is 16.2. The van der Waals surface area contributed by atoms with Gasteiger partial charge in [-0.25, -0.2) is 10.9 Å². The van der Waals surface area contributed by atoms with E-state index in [4.69, 9.17) is 0 Å². The van der Waals surface area contributed by atoms with Crippen LogP contribution in [0.15, 0.2) is 76.9 Å². The van der Waals surface area contributed by atoms with Gasteiger partial charge in [0.25, 0.3) is 11.8 Å². The fourth-order valence-corrected chi connectivity index (χ4v) is 2.71. The Labute approximate surface area is 174 Å². The number of hydrazone groups is 2. The monoisotopic (exact) mass is 399 g/mol. The number of amides is 2. The van der Waals surface area contributed by atoms with E-state index in [9.17, 15) is 9.59 Å². The summed E-state index contributed by atoms with van der Waals surface area (Å²) in [7, 11) is 0. The van der Waals surface area contributed by atoms with E-state index in [1.165, 1.54) is 6.07 Å². The highest BCUT2D eigenvalue weighted by Crippen LogP contribution is 2.13. The van der Waals surface area contributed by atoms with Gasteiger partial charge in [-0.3, -0.25) is 14.6 Å². The van der Waals surface area contributed by atoms with Gasteiger partial charge < -0.3 is 0 Å². The van der Waals surface area contributed by atoms with Crippen LogP contribution in [0.2, 0.25) is 0 Å². The predicted octanol–water partition coefficient (Wildman–Crippen LogP) is 3.23. The molecule has 2 N–H and O–H groups in total. The molecule has 7 nitrogen and oxygen atoms in total. The molecule has 3 rings (SSSR count). The highest BCUT2D eigenvalue weighted by molar-refractivity contribution is 6.01. The quantitative estimate of drug-likeness (QED) is 0.492. The molecule has 0 unspecified atom stereocenters. The molecule has 0 radical (unpaired) electrons. The van der Waals surface area contributed by atoms with Gasteiger partial charge in [0.2, 0.25) is 0 Å². The number of nitrogens with one attached hydrogen (secondary N) is 2. The standard InChI is InChI=1S/C23H21N5O2/c1-16-20(22(29)27-24-14-18-9-5-3-6-10-18)13-21(17(2)26-16)23(30)28-25-15-19-11-7-4-8-12-19/h3-15H,1-2H3,(H,27,29)(H,28,30)/b24-14-,25-15-. The molecule has 150 valence electrons. The van der Waals surface area contributed by atoms with Crippen molar-refractivity contribution >= 4 is 24.2 Å². The molecule has 0 fully saturated rings. The average Bonchev–Trinajstić information content (AvgIpc) is 2.75. The van der Waals surface area contributed by atoms with Gasteiger partial charge in [0.05, 0.1) is 34.9 Å². The van der Waals surface area contributed by atoms with Gasteiger partial charge in [-0.05, 0) is 31.0 Å². The first-order chi connectivity index (χ1) is 14.5. The summed E-state index contributed by atoms with van der Waals surface area (Å²) in [6, 6.07) is 20.3. The third-order valence-corrected chi connectivity index (χ3v) is 4.25. The van der Waals surface area contributed by atoms with Crippen molar-refractivity contribution in [1.82, 2.24) is 15.8 Å². The molecular formula is C23H21N5O2. The SMILES string of the molecule is Cc1nc(C)c(C(=O)N/N=C\c2ccccc2)cc1C(=O)N/N=C\c1ccccc1. The summed E-state index contributed by atoms with van der Waals surface area (Å²) in [6.45, 7) is 3.41. The van der Waals surface area contributed by atoms with Crippen molar-refractivity contribution in [3.05, 3.63) is 100 Å². The Hall–Kier alpha value is -4.13. The van der Waals surface area contributed by atoms with E-state index in [0.717, 1.165) is 11.1 Å². The maximum absolute atomic E-state index is 12.5. The van der Waals surface area contributed by atoms with Crippen LogP contribution in [0.5, 0.6) is 0 Å². The van der Waals surface area contributed by atoms with E-state index < -0.39 is 11.8 Å². The molecule has 0 aliphatic heterocycles. The number of aryl methyl sites for hydroxylation is 2. The number of carbonyl (C=O) groups excluding carboxylic acids is 2. The van der Waals surface area contributed by atoms with Crippen molar-refractivity contribution in [3.63, 3.8) is 0 Å². The summed E-state index contributed by atoms with van der Waals surface area (Å²) in [6.07, 6.45) is 3.08. The predicted molar refractivity (Wildman–Crippen MR) is 117 cm³/mol. The molecule has 1 heterocycles. The number of nitrogens with zero attached hydrogens (tertiary/aromatic N) is 3. The second kappa shape index (κ2) is 9.88. The number of rotatable bonds is 6. The van der Waals surface area contributed by atoms with Crippen molar-refractivity contribution in [3.8, 4) is 0 Å². The minimum atomic E-state index is -0.450. The fourth-order valence-electron chi connectivity index (χ4n) is 2.71. The van der Waals surface area contributed by atoms with Crippen molar-refractivity contribution in [2.24, 2.45) is 10.2 Å². The van der Waals surface area contributed by atoms with Crippen molar-refractivity contribution in [2.45, 2.75) is 13.8 Å². The van der Waals surface area contributed by atoms with Crippen LogP contribution in [0.25, 0.3) is 0 Å². The largest absolute Gasteiger partial charge is 0.273 e. The van der Waals surface area contributed by atoms with E-state index >= 15 is 0 Å². The van der Waals surface area contributed by atoms with Crippen LogP contribution in [0.4, 0.5) is 0 Å². The number of carbonyl (C=O) groups is 2. The molecule has 2 aromatic carbocycles. The zero-order valence-electron chi connectivity index (χ0n) is 16.7. The van der Waals surface area contributed by atoms with Crippen molar-refractivity contribution in [1.29, 1.82) is 0 Å². The maximum atomic E-state index is 12.5. The lowest BCUT2D eigenvalue weighted by Crippen LogP contribution is -2.23. The van der Waals surface area contributed by atoms with Crippen LogP contribution < -0.4 is 10.9 Å². The van der Waals surface area contributed by atoms with E-state index in [1.54, 1.807) is 26.3 Å². The lowest BCUT2D eigenvalue weighted by molar-refractivity contribution is 0.0954. The van der Waals surface area contributed by atoms with Crippen LogP contribution in [-0.4, -0.2) is 29.2 Å². The minimum Gasteiger partial charge on any atom is -0.267 e. The molecule has 2 amide bonds. The van der Waals surface area contributed by atoms with Crippen LogP contribution in [0.3, 0.4) is 0 Å². The Balaban J connectivity index is 1.71. The van der Waals surface area contributed by atoms with Gasteiger partial charge in [0.15, 0.2) is 0 Å². The Morgan fingerprint density at radius 2 is 1.13 bits per heavy atom. The maximum Gasteiger partial charge on any atom is 0.273 e. The fraction of sp³-hybridized carbons (Fsp3) is 0.0870. The molecule has 0 bridgehead atoms. The van der Waals surface area contributed by atoms with Gasteiger partial charge in [-0.15, -0.1) is 0 Å². The second-order valence-corrected chi connectivity index (χ2v) is 6.47. The summed E-state index contributed by atoms with van der Waals surface area (Å²) < 4.78 is 0. The van der Waals surface area contributed by atoms with Crippen LogP contribution >= 0.6 is 0 Å². The van der Waals surface area contributed by atoms with Crippen molar-refractivity contribution < 1.29 is 9.59 Å². The molecule has 0 aliphatic rings. The second-order valence-electron chi connectivity index (χ2n) is 6.47. The van der Waals surface area contributed by atoms with Crippen LogP contribution in [0.1, 0.15) is 43.2 Å². The molecular weight excluding hydrogens is 378 g/mol. The normalized spacial score (nSPS) is 11.0. The highest BCUT2D eigenvalue weighted by Gasteiger charge is 2.17. The van der Waals surface area contributed by atoms with Gasteiger partial charge in [-0.2, -0.15) is 10.2 Å². The Kier molecular flexibility index (Phi) is 6.78. The molecule has 1 aromatic heterocycles. The van der Waals surface area contributed by atoms with Crippen LogP contribution in [0, 0.1) is 13.8 Å². The number of benzene rings is 2. The Morgan fingerprint density at radius 3 is 1.53 bits per heavy atom. The zero-order valence-corrected chi connectivity index (χ0v) is 16.7. The Morgan fingerprint density at radius 1 is 0.733 bits per heavy atom. The smallest absolute Gasteiger partial charge is 0.267 e. The molecule has 0 spiro atoms. The summed E-state index contributed by atoms with van der Waals surface area (Å²) in [4.78, 5) is 29.4. The van der Waals surface area contributed by atoms with E-state index in [-0.39, 0.29) is 11.1 Å². The van der Waals surface area contributed by atoms with Gasteiger partial charge in [-0.1, -0.05) is 60.7 Å². The topological polar surface area (TPSA) is 95.8 Å². The lowest BCUT2D eigenvalue weighted by Gasteiger charge is -2.09. The molecule has 0 saturated carbocycles. The average molecular weight is 399 g/mol. The summed E-state index contributed by atoms with van der Waals surface area (Å²) in [5.74, 6) is -0.900. The lowest BCUT2D eigenvalue weighted by atomic mass is 10.1. The zero-order chi connectivity index (χ0) is 21.3. The number of hydrogen-bond acceptors (Lipinski definition) is 5. The summed E-state index contributed by atoms with van der Waals surface area (Å²) in [5, 5.41) is 7.93. The summed E-state index contributed by atoms with van der Waals surface area (Å²) in [5.41, 5.74) is 8.19. The molecule has 30 heavy (non-hydrogen) atoms. The molecule has 0 atom stereocenters. The van der Waals surface area contributed by atoms with E-state index in [2.05, 4.69) is 26.0 Å². The third-order valence-electron chi connectivity index (χ3n) is 4.25. The molecule has 7 heteroatoms. The first kappa shape index (κ1) is 20.6. The van der Waals surface area contributed by atoms with E-state index in [0.29, 0.717) is 11.4 Å². The number of aromatic nitrogens is 1. The number of pyridine rings is 1. The first-order valence-electron chi connectivity index (χ1n) is 9.30. The van der Waals surface area contributed by atoms with Gasteiger partial charge in [0.1, 0.15) is 0 Å². The molecule has 3 aromatic rings. The first-order valence-corrected chi connectivity index (χ1v) is 9.30. The van der Waals surface area contributed by atoms with Gasteiger partial charge in [0, 0.05) is 0 Å². The minimum absolute atomic E-state index is 0.267. The van der Waals surface area contributed by atoms with E-state index in [1.807, 2.05) is 60.7 Å². The van der Waals surface area contributed by atoms with Gasteiger partial charge >= 0.3 is 0 Å². The molecule has 0 aliphatic carbocycles.